The lowest BCUT2D eigenvalue weighted by atomic mass is 9.97. The van der Waals surface area contributed by atoms with Gasteiger partial charge < -0.3 is 15.0 Å². The van der Waals surface area contributed by atoms with E-state index >= 15 is 0 Å². The zero-order chi connectivity index (χ0) is 15.0. The van der Waals surface area contributed by atoms with E-state index < -0.39 is 5.97 Å². The van der Waals surface area contributed by atoms with E-state index in [-0.39, 0.29) is 11.7 Å². The number of hydrogen-bond donors (Lipinski definition) is 2. The van der Waals surface area contributed by atoms with Gasteiger partial charge in [0.15, 0.2) is 5.69 Å². The molecule has 1 aliphatic rings. The molecule has 0 amide bonds. The fourth-order valence-electron chi connectivity index (χ4n) is 2.76. The molecule has 0 fully saturated rings. The molecule has 0 aliphatic carbocycles. The Morgan fingerprint density at radius 1 is 1.38 bits per heavy atom. The molecule has 0 spiro atoms. The summed E-state index contributed by atoms with van der Waals surface area (Å²) in [5.41, 5.74) is 2.59. The van der Waals surface area contributed by atoms with Crippen molar-refractivity contribution in [1.29, 1.82) is 0 Å². The van der Waals surface area contributed by atoms with Crippen molar-refractivity contribution in [2.75, 3.05) is 11.9 Å². The average molecular weight is 285 g/mol. The number of nitrogens with zero attached hydrogens (tertiary/aromatic N) is 2. The number of aromatic nitrogens is 2. The lowest BCUT2D eigenvalue weighted by Gasteiger charge is -2.26. The number of fused-ring (bicyclic) bond motifs is 1. The summed E-state index contributed by atoms with van der Waals surface area (Å²) >= 11 is 0. The first-order valence-corrected chi connectivity index (χ1v) is 7.22. The Bertz CT molecular complexity index is 659. The maximum absolute atomic E-state index is 11.1. The second-order valence-electron chi connectivity index (χ2n) is 5.71. The van der Waals surface area contributed by atoms with E-state index in [0.29, 0.717) is 11.9 Å². The Morgan fingerprint density at radius 2 is 2.10 bits per heavy atom. The van der Waals surface area contributed by atoms with Crippen molar-refractivity contribution in [2.24, 2.45) is 0 Å². The molecule has 0 saturated heterocycles. The Kier molecular flexibility index (Phi) is 3.41. The largest absolute Gasteiger partial charge is 0.476 e. The van der Waals surface area contributed by atoms with E-state index in [9.17, 15) is 4.79 Å². The highest BCUT2D eigenvalue weighted by molar-refractivity contribution is 5.85. The maximum atomic E-state index is 11.1. The molecule has 3 rings (SSSR count). The first-order valence-electron chi connectivity index (χ1n) is 7.22. The minimum absolute atomic E-state index is 0.0863. The van der Waals surface area contributed by atoms with Crippen molar-refractivity contribution in [2.45, 2.75) is 32.2 Å². The number of hydrogen-bond acceptors (Lipinski definition) is 3. The molecular formula is C16H19N3O2. The lowest BCUT2D eigenvalue weighted by molar-refractivity contribution is 0.0691. The molecule has 5 nitrogen and oxygen atoms in total. The fourth-order valence-corrected chi connectivity index (χ4v) is 2.76. The minimum atomic E-state index is -0.993. The molecule has 0 saturated carbocycles. The summed E-state index contributed by atoms with van der Waals surface area (Å²) in [5, 5.41) is 12.2. The van der Waals surface area contributed by atoms with E-state index in [1.807, 2.05) is 4.57 Å². The summed E-state index contributed by atoms with van der Waals surface area (Å²) in [7, 11) is 0. The highest BCUT2D eigenvalue weighted by Crippen LogP contribution is 2.30. The highest BCUT2D eigenvalue weighted by Gasteiger charge is 2.24. The van der Waals surface area contributed by atoms with Crippen LogP contribution in [0.25, 0.3) is 0 Å². The number of aromatic carboxylic acids is 1. The van der Waals surface area contributed by atoms with E-state index in [1.54, 1.807) is 6.20 Å². The number of carboxylic acids is 1. The van der Waals surface area contributed by atoms with Gasteiger partial charge in [0, 0.05) is 12.7 Å². The summed E-state index contributed by atoms with van der Waals surface area (Å²) in [5.74, 6) is 0.152. The summed E-state index contributed by atoms with van der Waals surface area (Å²) in [6, 6.07) is 8.71. The van der Waals surface area contributed by atoms with Crippen LogP contribution >= 0.6 is 0 Å². The third-order valence-electron chi connectivity index (χ3n) is 3.98. The van der Waals surface area contributed by atoms with Crippen LogP contribution in [0.4, 0.5) is 5.95 Å². The molecule has 5 heteroatoms. The predicted octanol–water partition coefficient (Wildman–Crippen LogP) is 3.11. The first-order chi connectivity index (χ1) is 10.1. The van der Waals surface area contributed by atoms with Crippen LogP contribution in [0, 0.1) is 0 Å². The quantitative estimate of drug-likeness (QED) is 0.909. The van der Waals surface area contributed by atoms with Gasteiger partial charge >= 0.3 is 5.97 Å². The smallest absolute Gasteiger partial charge is 0.356 e. The van der Waals surface area contributed by atoms with Crippen molar-refractivity contribution in [3.8, 4) is 0 Å². The molecule has 110 valence electrons. The van der Waals surface area contributed by atoms with Gasteiger partial charge in [0.2, 0.25) is 5.95 Å². The van der Waals surface area contributed by atoms with E-state index in [4.69, 9.17) is 5.11 Å². The third-order valence-corrected chi connectivity index (χ3v) is 3.98. The predicted molar refractivity (Wildman–Crippen MR) is 81.0 cm³/mol. The Hall–Kier alpha value is -2.30. The van der Waals surface area contributed by atoms with Gasteiger partial charge in [0.1, 0.15) is 0 Å². The van der Waals surface area contributed by atoms with Crippen molar-refractivity contribution in [3.05, 3.63) is 47.3 Å². The Morgan fingerprint density at radius 3 is 2.71 bits per heavy atom. The molecule has 0 bridgehead atoms. The van der Waals surface area contributed by atoms with Crippen LogP contribution in [0.5, 0.6) is 0 Å². The fraction of sp³-hybridized carbons (Fsp3) is 0.375. The van der Waals surface area contributed by atoms with Crippen LogP contribution in [0.3, 0.4) is 0 Å². The topological polar surface area (TPSA) is 67.2 Å². The highest BCUT2D eigenvalue weighted by atomic mass is 16.4. The third kappa shape index (κ3) is 2.51. The first kappa shape index (κ1) is 13.7. The molecule has 1 unspecified atom stereocenters. The normalized spacial score (nSPS) is 17.4. The van der Waals surface area contributed by atoms with Crippen molar-refractivity contribution in [1.82, 2.24) is 9.55 Å². The number of anilines is 1. The van der Waals surface area contributed by atoms with Gasteiger partial charge in [-0.05, 0) is 23.5 Å². The van der Waals surface area contributed by atoms with Crippen molar-refractivity contribution >= 4 is 11.9 Å². The van der Waals surface area contributed by atoms with E-state index in [1.165, 1.54) is 11.1 Å². The molecule has 1 aliphatic heterocycles. The minimum Gasteiger partial charge on any atom is -0.476 e. The van der Waals surface area contributed by atoms with Crippen LogP contribution < -0.4 is 5.32 Å². The molecule has 2 N–H and O–H groups in total. The molecule has 2 aromatic rings. The van der Waals surface area contributed by atoms with Gasteiger partial charge in [0.25, 0.3) is 0 Å². The standard InChI is InChI=1S/C16H19N3O2/c1-10(2)11-3-5-12(6-4-11)14-7-8-17-16-18-13(15(20)21)9-19(14)16/h3-6,9-10,14H,7-8H2,1-2H3,(H,17,18)(H,20,21). The lowest BCUT2D eigenvalue weighted by Crippen LogP contribution is -2.23. The zero-order valence-corrected chi connectivity index (χ0v) is 12.2. The Labute approximate surface area is 123 Å². The Balaban J connectivity index is 1.95. The maximum Gasteiger partial charge on any atom is 0.356 e. The SMILES string of the molecule is CC(C)c1ccc(C2CCNc3nc(C(=O)O)cn32)cc1. The van der Waals surface area contributed by atoms with E-state index in [0.717, 1.165) is 13.0 Å². The summed E-state index contributed by atoms with van der Waals surface area (Å²) in [6.45, 7) is 5.14. The number of carbonyl (C=O) groups is 1. The van der Waals surface area contributed by atoms with Gasteiger partial charge in [-0.3, -0.25) is 0 Å². The molecule has 1 aromatic carbocycles. The van der Waals surface area contributed by atoms with Gasteiger partial charge in [-0.2, -0.15) is 0 Å². The van der Waals surface area contributed by atoms with Crippen molar-refractivity contribution in [3.63, 3.8) is 0 Å². The van der Waals surface area contributed by atoms with Gasteiger partial charge in [-0.15, -0.1) is 0 Å². The molecular weight excluding hydrogens is 266 g/mol. The van der Waals surface area contributed by atoms with E-state index in [2.05, 4.69) is 48.4 Å². The van der Waals surface area contributed by atoms with Crippen LogP contribution in [0.2, 0.25) is 0 Å². The number of benzene rings is 1. The number of carboxylic acid groups (broad SMARTS) is 1. The molecule has 21 heavy (non-hydrogen) atoms. The average Bonchev–Trinajstić information content (AvgIpc) is 2.91. The molecule has 0 radical (unpaired) electrons. The number of rotatable bonds is 3. The van der Waals surface area contributed by atoms with Gasteiger partial charge in [-0.25, -0.2) is 9.78 Å². The monoisotopic (exact) mass is 285 g/mol. The van der Waals surface area contributed by atoms with Crippen LogP contribution in [-0.4, -0.2) is 27.2 Å². The van der Waals surface area contributed by atoms with Crippen LogP contribution in [0.15, 0.2) is 30.5 Å². The number of nitrogens with one attached hydrogen (secondary N) is 1. The molecule has 2 heterocycles. The second-order valence-corrected chi connectivity index (χ2v) is 5.71. The van der Waals surface area contributed by atoms with Gasteiger partial charge in [0.05, 0.1) is 6.04 Å². The zero-order valence-electron chi connectivity index (χ0n) is 12.2. The molecule has 1 atom stereocenters. The second kappa shape index (κ2) is 5.24. The number of imidazole rings is 1. The van der Waals surface area contributed by atoms with Gasteiger partial charge in [-0.1, -0.05) is 38.1 Å². The van der Waals surface area contributed by atoms with Crippen LogP contribution in [0.1, 0.15) is 53.8 Å². The summed E-state index contributed by atoms with van der Waals surface area (Å²) in [4.78, 5) is 15.2. The summed E-state index contributed by atoms with van der Waals surface area (Å²) in [6.07, 6.45) is 2.54. The van der Waals surface area contributed by atoms with Crippen molar-refractivity contribution < 1.29 is 9.90 Å². The molecule has 1 aromatic heterocycles. The van der Waals surface area contributed by atoms with Crippen LogP contribution in [-0.2, 0) is 0 Å². The summed E-state index contributed by atoms with van der Waals surface area (Å²) < 4.78 is 1.93.